The van der Waals surface area contributed by atoms with Gasteiger partial charge in [0.2, 0.25) is 0 Å². The number of nitrogens with one attached hydrogen (secondary N) is 2. The first kappa shape index (κ1) is 28.3. The fraction of sp³-hybridized carbons (Fsp3) is 0. The van der Waals surface area contributed by atoms with Gasteiger partial charge in [0.15, 0.2) is 10.9 Å². The largest absolute Gasteiger partial charge is 1.00 e. The van der Waals surface area contributed by atoms with Crippen molar-refractivity contribution in [1.29, 1.82) is 0 Å². The zero-order valence-electron chi connectivity index (χ0n) is 17.7. The number of hydrogen-bond donors (Lipinski definition) is 2. The van der Waals surface area contributed by atoms with Crippen LogP contribution < -0.4 is 114 Å². The van der Waals surface area contributed by atoms with Gasteiger partial charge in [0.1, 0.15) is 20.2 Å². The average Bonchev–Trinajstić information content (AvgIpc) is 2.71. The molecule has 0 radical (unpaired) electrons. The maximum atomic E-state index is 13.0. The maximum absolute atomic E-state index is 13.0. The molecule has 0 bridgehead atoms. The van der Waals surface area contributed by atoms with Crippen LogP contribution >= 0.6 is 0 Å². The molecule has 0 atom stereocenters. The van der Waals surface area contributed by atoms with Gasteiger partial charge in [-0.1, -0.05) is 0 Å². The van der Waals surface area contributed by atoms with Gasteiger partial charge in [0, 0.05) is 32.6 Å². The van der Waals surface area contributed by atoms with Gasteiger partial charge < -0.3 is 19.1 Å². The van der Waals surface area contributed by atoms with E-state index >= 15 is 0 Å². The number of aromatic amines is 2. The first-order chi connectivity index (χ1) is 14.9. The third-order valence-corrected chi connectivity index (χ3v) is 6.90. The Labute approximate surface area is 276 Å². The molecule has 0 aliphatic rings. The minimum Gasteiger partial charge on any atom is -0.744 e. The minimum atomic E-state index is -4.76. The summed E-state index contributed by atoms with van der Waals surface area (Å²) in [5.41, 5.74) is -0.0439. The second kappa shape index (κ2) is 9.87. The standard InChI is InChI=1S/C20H12N2O8S2.2K/c23-19-11-5-9(31(25,26)27)1-3-15(11)21-17-7-14-18(8-13(17)19)22-16-4-2-10(32(28,29)30)6-12(16)20(14)24;;/h1-8H,(H,21,23)(H,22,24)(H,25,26,27)(H,28,29,30);;/q;2*+1/p-2. The van der Waals surface area contributed by atoms with Gasteiger partial charge in [-0.3, -0.25) is 9.59 Å². The Hall–Kier alpha value is -0.307. The molecule has 10 nitrogen and oxygen atoms in total. The quantitative estimate of drug-likeness (QED) is 0.126. The zero-order valence-corrected chi connectivity index (χ0v) is 25.6. The van der Waals surface area contributed by atoms with Crippen LogP contribution in [-0.4, -0.2) is 35.9 Å². The maximum Gasteiger partial charge on any atom is 1.00 e. The molecule has 5 rings (SSSR count). The number of pyridine rings is 2. The molecule has 0 saturated carbocycles. The normalized spacial score (nSPS) is 12.1. The average molecular weight is 549 g/mol. The molecular formula is C20H10K2N2O8S2. The summed E-state index contributed by atoms with van der Waals surface area (Å²) in [4.78, 5) is 30.8. The molecule has 0 aliphatic carbocycles. The summed E-state index contributed by atoms with van der Waals surface area (Å²) in [5, 5.41) is 0.253. The van der Waals surface area contributed by atoms with Gasteiger partial charge in [0.05, 0.1) is 20.8 Å². The molecule has 2 N–H and O–H groups in total. The fourth-order valence-corrected chi connectivity index (χ4v) is 4.71. The molecule has 34 heavy (non-hydrogen) atoms. The molecule has 3 aromatic carbocycles. The van der Waals surface area contributed by atoms with E-state index < -0.39 is 40.9 Å². The summed E-state index contributed by atoms with van der Waals surface area (Å²) >= 11 is 0. The molecule has 0 spiro atoms. The second-order valence-corrected chi connectivity index (χ2v) is 9.93. The number of hydrogen-bond acceptors (Lipinski definition) is 8. The van der Waals surface area contributed by atoms with E-state index in [1.165, 1.54) is 24.3 Å². The van der Waals surface area contributed by atoms with Crippen molar-refractivity contribution in [1.82, 2.24) is 9.97 Å². The van der Waals surface area contributed by atoms with Crippen molar-refractivity contribution in [3.8, 4) is 0 Å². The topological polar surface area (TPSA) is 180 Å². The summed E-state index contributed by atoms with van der Waals surface area (Å²) in [6, 6.07) is 9.49. The van der Waals surface area contributed by atoms with Gasteiger partial charge >= 0.3 is 103 Å². The Morgan fingerprint density at radius 1 is 0.529 bits per heavy atom. The Kier molecular flexibility index (Phi) is 8.20. The van der Waals surface area contributed by atoms with Crippen LogP contribution in [0.5, 0.6) is 0 Å². The van der Waals surface area contributed by atoms with Crippen molar-refractivity contribution in [2.24, 2.45) is 0 Å². The summed E-state index contributed by atoms with van der Waals surface area (Å²) in [5.74, 6) is 0. The number of benzene rings is 3. The van der Waals surface area contributed by atoms with Crippen molar-refractivity contribution in [3.63, 3.8) is 0 Å². The molecule has 0 aliphatic heterocycles. The van der Waals surface area contributed by atoms with Crippen LogP contribution in [0.15, 0.2) is 67.9 Å². The Balaban J connectivity index is 0.00000162. The molecule has 14 heteroatoms. The molecule has 162 valence electrons. The molecule has 0 unspecified atom stereocenters. The predicted octanol–water partition coefficient (Wildman–Crippen LogP) is -4.51. The molecule has 0 saturated heterocycles. The first-order valence-corrected chi connectivity index (χ1v) is 11.8. The van der Waals surface area contributed by atoms with E-state index in [1.54, 1.807) is 0 Å². The molecule has 0 amide bonds. The van der Waals surface area contributed by atoms with Crippen LogP contribution in [0.1, 0.15) is 0 Å². The van der Waals surface area contributed by atoms with Crippen LogP contribution in [0.2, 0.25) is 0 Å². The molecule has 5 aromatic rings. The van der Waals surface area contributed by atoms with E-state index in [0.717, 1.165) is 24.3 Å². The van der Waals surface area contributed by atoms with Gasteiger partial charge in [-0.05, 0) is 48.5 Å². The Bertz CT molecular complexity index is 1840. The summed E-state index contributed by atoms with van der Waals surface area (Å²) < 4.78 is 67.9. The third-order valence-electron chi connectivity index (χ3n) is 5.23. The predicted molar refractivity (Wildman–Crippen MR) is 114 cm³/mol. The van der Waals surface area contributed by atoms with Crippen molar-refractivity contribution in [3.05, 3.63) is 69.0 Å². The van der Waals surface area contributed by atoms with Crippen LogP contribution in [-0.2, 0) is 20.2 Å². The second-order valence-electron chi connectivity index (χ2n) is 7.17. The van der Waals surface area contributed by atoms with Crippen molar-refractivity contribution >= 4 is 63.8 Å². The van der Waals surface area contributed by atoms with Crippen molar-refractivity contribution < 1.29 is 129 Å². The number of H-pyrrole nitrogens is 2. The van der Waals surface area contributed by atoms with Gasteiger partial charge in [0.25, 0.3) is 0 Å². The molecule has 2 heterocycles. The van der Waals surface area contributed by atoms with Gasteiger partial charge in [-0.25, -0.2) is 16.8 Å². The van der Waals surface area contributed by atoms with Crippen LogP contribution in [0.3, 0.4) is 0 Å². The summed E-state index contributed by atoms with van der Waals surface area (Å²) in [7, 11) is -9.52. The van der Waals surface area contributed by atoms with Crippen molar-refractivity contribution in [2.45, 2.75) is 9.79 Å². The number of rotatable bonds is 2. The molecular weight excluding hydrogens is 539 g/mol. The smallest absolute Gasteiger partial charge is 0.744 e. The van der Waals surface area contributed by atoms with E-state index in [1.807, 2.05) is 0 Å². The Morgan fingerprint density at radius 2 is 0.853 bits per heavy atom. The Morgan fingerprint density at radius 3 is 1.18 bits per heavy atom. The van der Waals surface area contributed by atoms with Gasteiger partial charge in [-0.15, -0.1) is 0 Å². The van der Waals surface area contributed by atoms with E-state index in [4.69, 9.17) is 0 Å². The van der Waals surface area contributed by atoms with E-state index in [2.05, 4.69) is 9.97 Å². The van der Waals surface area contributed by atoms with E-state index in [-0.39, 0.29) is 146 Å². The van der Waals surface area contributed by atoms with Crippen LogP contribution in [0, 0.1) is 0 Å². The minimum absolute atomic E-state index is 0. The van der Waals surface area contributed by atoms with Crippen LogP contribution in [0.4, 0.5) is 0 Å². The number of fused-ring (bicyclic) bond motifs is 4. The summed E-state index contributed by atoms with van der Waals surface area (Å²) in [6.45, 7) is 0. The zero-order chi connectivity index (χ0) is 23.0. The van der Waals surface area contributed by atoms with E-state index in [0.29, 0.717) is 0 Å². The summed E-state index contributed by atoms with van der Waals surface area (Å²) in [6.07, 6.45) is 0. The molecule has 0 fully saturated rings. The monoisotopic (exact) mass is 548 g/mol. The third kappa shape index (κ3) is 4.95. The molecule has 2 aromatic heterocycles. The van der Waals surface area contributed by atoms with Gasteiger partial charge in [-0.2, -0.15) is 0 Å². The number of aromatic nitrogens is 2. The van der Waals surface area contributed by atoms with Crippen molar-refractivity contribution in [2.75, 3.05) is 0 Å². The SMILES string of the molecule is O=c1c2cc(S(=O)(=O)[O-])ccc2[nH]c2cc3c(=O)c4cc(S(=O)(=O)[O-])ccc4[nH]c3cc12.[K+].[K+]. The first-order valence-electron chi connectivity index (χ1n) is 8.95. The fourth-order valence-electron chi connectivity index (χ4n) is 3.71. The van der Waals surface area contributed by atoms with E-state index in [9.17, 15) is 35.5 Å². The van der Waals surface area contributed by atoms with Crippen LogP contribution in [0.25, 0.3) is 43.6 Å².